The lowest BCUT2D eigenvalue weighted by Crippen LogP contribution is -2.51. The summed E-state index contributed by atoms with van der Waals surface area (Å²) in [5.41, 5.74) is 11.7. The standard InChI is InChI=1S/C9H21N3/c1-9(2,11)7-12-5-3-4-8(10)6-12/h8H,3-7,10-11H2,1-2H3. The summed E-state index contributed by atoms with van der Waals surface area (Å²) in [5.74, 6) is 0. The van der Waals surface area contributed by atoms with E-state index in [1.165, 1.54) is 12.8 Å². The first-order chi connectivity index (χ1) is 5.47. The minimum atomic E-state index is -0.0862. The van der Waals surface area contributed by atoms with Crippen LogP contribution in [0.1, 0.15) is 26.7 Å². The lowest BCUT2D eigenvalue weighted by molar-refractivity contribution is 0.177. The molecular weight excluding hydrogens is 150 g/mol. The van der Waals surface area contributed by atoms with Crippen molar-refractivity contribution in [3.05, 3.63) is 0 Å². The molecule has 4 N–H and O–H groups in total. The number of hydrogen-bond donors (Lipinski definition) is 2. The summed E-state index contributed by atoms with van der Waals surface area (Å²) in [6.07, 6.45) is 2.39. The van der Waals surface area contributed by atoms with Crippen LogP contribution in [0.25, 0.3) is 0 Å². The fourth-order valence-electron chi connectivity index (χ4n) is 1.81. The van der Waals surface area contributed by atoms with E-state index in [0.717, 1.165) is 19.6 Å². The molecule has 3 nitrogen and oxygen atoms in total. The Morgan fingerprint density at radius 3 is 2.67 bits per heavy atom. The Morgan fingerprint density at radius 1 is 1.50 bits per heavy atom. The highest BCUT2D eigenvalue weighted by Crippen LogP contribution is 2.10. The van der Waals surface area contributed by atoms with Crippen LogP contribution in [-0.4, -0.2) is 36.1 Å². The molecule has 1 aliphatic rings. The van der Waals surface area contributed by atoms with Crippen molar-refractivity contribution in [1.29, 1.82) is 0 Å². The Bertz CT molecular complexity index is 139. The van der Waals surface area contributed by atoms with Gasteiger partial charge in [0.15, 0.2) is 0 Å². The smallest absolute Gasteiger partial charge is 0.0226 e. The number of hydrogen-bond acceptors (Lipinski definition) is 3. The fraction of sp³-hybridized carbons (Fsp3) is 1.00. The van der Waals surface area contributed by atoms with Gasteiger partial charge in [-0.3, -0.25) is 4.90 Å². The van der Waals surface area contributed by atoms with Crippen molar-refractivity contribution >= 4 is 0 Å². The van der Waals surface area contributed by atoms with Gasteiger partial charge < -0.3 is 11.5 Å². The Morgan fingerprint density at radius 2 is 2.17 bits per heavy atom. The second kappa shape index (κ2) is 3.73. The topological polar surface area (TPSA) is 55.3 Å². The molecule has 1 atom stereocenters. The van der Waals surface area contributed by atoms with Crippen molar-refractivity contribution in [3.8, 4) is 0 Å². The normalized spacial score (nSPS) is 27.5. The second-order valence-corrected chi connectivity index (χ2v) is 4.63. The molecule has 1 rings (SSSR count). The van der Waals surface area contributed by atoms with Crippen molar-refractivity contribution in [2.75, 3.05) is 19.6 Å². The molecule has 1 unspecified atom stereocenters. The van der Waals surface area contributed by atoms with Gasteiger partial charge in [0, 0.05) is 24.7 Å². The Kier molecular flexibility index (Phi) is 3.09. The summed E-state index contributed by atoms with van der Waals surface area (Å²) >= 11 is 0. The molecule has 0 aromatic carbocycles. The number of nitrogens with two attached hydrogens (primary N) is 2. The number of rotatable bonds is 2. The maximum absolute atomic E-state index is 5.93. The van der Waals surface area contributed by atoms with Crippen LogP contribution < -0.4 is 11.5 Å². The summed E-state index contributed by atoms with van der Waals surface area (Å²) in [5, 5.41) is 0. The highest BCUT2D eigenvalue weighted by atomic mass is 15.2. The van der Waals surface area contributed by atoms with Gasteiger partial charge in [-0.1, -0.05) is 0 Å². The minimum Gasteiger partial charge on any atom is -0.327 e. The molecular formula is C9H21N3. The Hall–Kier alpha value is -0.120. The molecule has 72 valence electrons. The molecule has 0 saturated carbocycles. The molecule has 0 aliphatic carbocycles. The third-order valence-corrected chi connectivity index (χ3v) is 2.17. The van der Waals surface area contributed by atoms with E-state index in [4.69, 9.17) is 11.5 Å². The highest BCUT2D eigenvalue weighted by molar-refractivity contribution is 4.82. The zero-order valence-corrected chi connectivity index (χ0v) is 8.21. The summed E-state index contributed by atoms with van der Waals surface area (Å²) in [4.78, 5) is 2.37. The van der Waals surface area contributed by atoms with Crippen molar-refractivity contribution < 1.29 is 0 Å². The fourth-order valence-corrected chi connectivity index (χ4v) is 1.81. The molecule has 0 radical (unpaired) electrons. The zero-order valence-electron chi connectivity index (χ0n) is 8.21. The minimum absolute atomic E-state index is 0.0862. The Balaban J connectivity index is 2.32. The lowest BCUT2D eigenvalue weighted by Gasteiger charge is -2.35. The lowest BCUT2D eigenvalue weighted by atomic mass is 10.0. The van der Waals surface area contributed by atoms with Crippen LogP contribution in [0.3, 0.4) is 0 Å². The van der Waals surface area contributed by atoms with E-state index in [9.17, 15) is 0 Å². The van der Waals surface area contributed by atoms with Gasteiger partial charge in [0.05, 0.1) is 0 Å². The molecule has 0 amide bonds. The van der Waals surface area contributed by atoms with Crippen LogP contribution >= 0.6 is 0 Å². The van der Waals surface area contributed by atoms with Crippen LogP contribution in [0.15, 0.2) is 0 Å². The van der Waals surface area contributed by atoms with Crippen molar-refractivity contribution in [2.24, 2.45) is 11.5 Å². The van der Waals surface area contributed by atoms with Crippen LogP contribution in [0.2, 0.25) is 0 Å². The molecule has 1 saturated heterocycles. The quantitative estimate of drug-likeness (QED) is 0.621. The first-order valence-electron chi connectivity index (χ1n) is 4.74. The molecule has 1 heterocycles. The molecule has 1 aliphatic heterocycles. The van der Waals surface area contributed by atoms with Gasteiger partial charge in [-0.25, -0.2) is 0 Å². The van der Waals surface area contributed by atoms with Crippen LogP contribution in [0, 0.1) is 0 Å². The first kappa shape index (κ1) is 9.96. The number of likely N-dealkylation sites (tertiary alicyclic amines) is 1. The molecule has 1 fully saturated rings. The van der Waals surface area contributed by atoms with E-state index in [2.05, 4.69) is 18.7 Å². The van der Waals surface area contributed by atoms with Gasteiger partial charge in [0.2, 0.25) is 0 Å². The van der Waals surface area contributed by atoms with E-state index in [0.29, 0.717) is 6.04 Å². The predicted octanol–water partition coefficient (Wildman–Crippen LogP) is 0.147. The predicted molar refractivity (Wildman–Crippen MR) is 51.9 cm³/mol. The molecule has 0 aromatic rings. The summed E-state index contributed by atoms with van der Waals surface area (Å²) in [7, 11) is 0. The third kappa shape index (κ3) is 3.52. The van der Waals surface area contributed by atoms with Gasteiger partial charge in [-0.05, 0) is 33.2 Å². The average molecular weight is 171 g/mol. The first-order valence-corrected chi connectivity index (χ1v) is 4.74. The maximum Gasteiger partial charge on any atom is 0.0226 e. The van der Waals surface area contributed by atoms with Crippen LogP contribution in [-0.2, 0) is 0 Å². The molecule has 0 spiro atoms. The summed E-state index contributed by atoms with van der Waals surface area (Å²) in [6, 6.07) is 0.362. The number of piperidine rings is 1. The third-order valence-electron chi connectivity index (χ3n) is 2.17. The van der Waals surface area contributed by atoms with E-state index in [1.807, 2.05) is 0 Å². The van der Waals surface area contributed by atoms with Crippen LogP contribution in [0.4, 0.5) is 0 Å². The Labute approximate surface area is 75.1 Å². The summed E-state index contributed by atoms with van der Waals surface area (Å²) < 4.78 is 0. The SMILES string of the molecule is CC(C)(N)CN1CCCC(N)C1. The van der Waals surface area contributed by atoms with Gasteiger partial charge in [-0.2, -0.15) is 0 Å². The van der Waals surface area contributed by atoms with E-state index in [1.54, 1.807) is 0 Å². The van der Waals surface area contributed by atoms with Crippen molar-refractivity contribution in [3.63, 3.8) is 0 Å². The zero-order chi connectivity index (χ0) is 9.19. The van der Waals surface area contributed by atoms with Crippen molar-refractivity contribution in [1.82, 2.24) is 4.90 Å². The van der Waals surface area contributed by atoms with E-state index in [-0.39, 0.29) is 5.54 Å². The second-order valence-electron chi connectivity index (χ2n) is 4.63. The van der Waals surface area contributed by atoms with Gasteiger partial charge in [0.1, 0.15) is 0 Å². The number of nitrogens with zero attached hydrogens (tertiary/aromatic N) is 1. The van der Waals surface area contributed by atoms with E-state index >= 15 is 0 Å². The highest BCUT2D eigenvalue weighted by Gasteiger charge is 2.21. The van der Waals surface area contributed by atoms with Gasteiger partial charge in [0.25, 0.3) is 0 Å². The van der Waals surface area contributed by atoms with Crippen LogP contribution in [0.5, 0.6) is 0 Å². The van der Waals surface area contributed by atoms with Gasteiger partial charge >= 0.3 is 0 Å². The summed E-state index contributed by atoms with van der Waals surface area (Å²) in [6.45, 7) is 7.26. The molecule has 12 heavy (non-hydrogen) atoms. The van der Waals surface area contributed by atoms with E-state index < -0.39 is 0 Å². The average Bonchev–Trinajstić information content (AvgIpc) is 1.82. The molecule has 0 bridgehead atoms. The molecule has 3 heteroatoms. The van der Waals surface area contributed by atoms with Crippen molar-refractivity contribution in [2.45, 2.75) is 38.3 Å². The van der Waals surface area contributed by atoms with Gasteiger partial charge in [-0.15, -0.1) is 0 Å². The maximum atomic E-state index is 5.93. The molecule has 0 aromatic heterocycles. The monoisotopic (exact) mass is 171 g/mol. The largest absolute Gasteiger partial charge is 0.327 e.